The van der Waals surface area contributed by atoms with Gasteiger partial charge in [0, 0.05) is 7.05 Å². The molecule has 2 aromatic carbocycles. The zero-order chi connectivity index (χ0) is 25.1. The fourth-order valence-electron chi connectivity index (χ4n) is 3.46. The number of hydrogen-bond acceptors (Lipinski definition) is 9. The lowest BCUT2D eigenvalue weighted by molar-refractivity contribution is 0.174. The molecule has 0 radical (unpaired) electrons. The van der Waals surface area contributed by atoms with Crippen molar-refractivity contribution in [2.75, 3.05) is 24.7 Å². The van der Waals surface area contributed by atoms with Gasteiger partial charge in [-0.05, 0) is 29.8 Å². The summed E-state index contributed by atoms with van der Waals surface area (Å²) in [7, 11) is -2.29. The molecule has 36 heavy (non-hydrogen) atoms. The number of nitrogens with one attached hydrogen (secondary N) is 1. The first-order valence-electron chi connectivity index (χ1n) is 10.7. The molecule has 186 valence electrons. The van der Waals surface area contributed by atoms with Crippen molar-refractivity contribution in [1.82, 2.24) is 19.7 Å². The Hall–Kier alpha value is -4.03. The molecule has 0 atom stereocenters. The first-order chi connectivity index (χ1) is 17.4. The van der Waals surface area contributed by atoms with Crippen LogP contribution in [-0.2, 0) is 17.1 Å². The van der Waals surface area contributed by atoms with Crippen LogP contribution in [0.5, 0.6) is 23.4 Å². The van der Waals surface area contributed by atoms with Gasteiger partial charge in [-0.3, -0.25) is 4.72 Å². The fraction of sp³-hybridized carbons (Fsp3) is 0.174. The van der Waals surface area contributed by atoms with Crippen LogP contribution in [0.4, 0.5) is 5.82 Å². The molecule has 1 aliphatic rings. The van der Waals surface area contributed by atoms with Crippen molar-refractivity contribution in [3.8, 4) is 34.5 Å². The quantitative estimate of drug-likeness (QED) is 0.324. The predicted octanol–water partition coefficient (Wildman–Crippen LogP) is 3.52. The molecule has 0 spiro atoms. The van der Waals surface area contributed by atoms with E-state index in [1.54, 1.807) is 43.4 Å². The third-order valence-corrected chi connectivity index (χ3v) is 6.66. The normalized spacial score (nSPS) is 12.4. The maximum absolute atomic E-state index is 13.1. The minimum absolute atomic E-state index is 0.0887. The van der Waals surface area contributed by atoms with E-state index < -0.39 is 10.0 Å². The fourth-order valence-corrected chi connectivity index (χ4v) is 4.68. The first-order valence-corrected chi connectivity index (χ1v) is 12.5. The molecule has 0 unspecified atom stereocenters. The van der Waals surface area contributed by atoms with Gasteiger partial charge < -0.3 is 18.9 Å². The van der Waals surface area contributed by atoms with Crippen LogP contribution in [0.3, 0.4) is 0 Å². The topological polar surface area (TPSA) is 127 Å². The van der Waals surface area contributed by atoms with E-state index in [2.05, 4.69) is 19.8 Å². The van der Waals surface area contributed by atoms with Crippen LogP contribution >= 0.6 is 11.6 Å². The summed E-state index contributed by atoms with van der Waals surface area (Å²) in [5.74, 6) is 1.53. The molecule has 2 aromatic heterocycles. The number of fused-ring (bicyclic) bond motifs is 1. The molecule has 4 aromatic rings. The average molecular weight is 530 g/mol. The molecule has 13 heteroatoms. The van der Waals surface area contributed by atoms with Crippen molar-refractivity contribution in [2.45, 2.75) is 4.90 Å². The number of halogens is 1. The largest absolute Gasteiger partial charge is 0.472 e. The summed E-state index contributed by atoms with van der Waals surface area (Å²) in [6.45, 7) is 0.308. The lowest BCUT2D eigenvalue weighted by Gasteiger charge is -2.12. The van der Waals surface area contributed by atoms with Crippen molar-refractivity contribution in [2.24, 2.45) is 7.05 Å². The molecule has 3 heterocycles. The lowest BCUT2D eigenvalue weighted by Crippen LogP contribution is -2.16. The maximum Gasteiger partial charge on any atom is 0.316 e. The van der Waals surface area contributed by atoms with Gasteiger partial charge in [0.2, 0.25) is 12.7 Å². The standard InChI is InChI=1S/C23H20ClN5O6S/c1-29-21(28-36(30,31)17-5-3-2-4-6-17)20(15-7-8-18-19(11-15)35-14-34-18)22(27-29)32-9-10-33-23-25-12-16(24)13-26-23/h2-8,11-13,28H,9-10,14H2,1H3. The van der Waals surface area contributed by atoms with Crippen molar-refractivity contribution in [3.05, 3.63) is 65.9 Å². The molecule has 0 bridgehead atoms. The molecule has 0 amide bonds. The minimum Gasteiger partial charge on any atom is -0.472 e. The Morgan fingerprint density at radius 1 is 1.03 bits per heavy atom. The molecular formula is C23H20ClN5O6S. The van der Waals surface area contributed by atoms with E-state index in [1.165, 1.54) is 29.2 Å². The van der Waals surface area contributed by atoms with Crippen LogP contribution in [-0.4, -0.2) is 48.2 Å². The maximum atomic E-state index is 13.1. The molecule has 11 nitrogen and oxygen atoms in total. The van der Waals surface area contributed by atoms with Crippen molar-refractivity contribution >= 4 is 27.4 Å². The molecule has 1 N–H and O–H groups in total. The number of sulfonamides is 1. The summed E-state index contributed by atoms with van der Waals surface area (Å²) < 4.78 is 52.5. The van der Waals surface area contributed by atoms with E-state index in [-0.39, 0.29) is 42.6 Å². The average Bonchev–Trinajstić information content (AvgIpc) is 3.47. The van der Waals surface area contributed by atoms with Gasteiger partial charge in [0.15, 0.2) is 11.5 Å². The third-order valence-electron chi connectivity index (χ3n) is 5.11. The van der Waals surface area contributed by atoms with Crippen molar-refractivity contribution < 1.29 is 27.4 Å². The molecule has 5 rings (SSSR count). The number of ether oxygens (including phenoxy) is 4. The Bertz CT molecular complexity index is 1480. The molecule has 0 saturated heterocycles. The van der Waals surface area contributed by atoms with Gasteiger partial charge in [-0.15, -0.1) is 5.10 Å². The summed E-state index contributed by atoms with van der Waals surface area (Å²) in [4.78, 5) is 8.04. The Balaban J connectivity index is 1.44. The lowest BCUT2D eigenvalue weighted by atomic mass is 10.1. The highest BCUT2D eigenvalue weighted by molar-refractivity contribution is 7.92. The van der Waals surface area contributed by atoms with E-state index in [0.29, 0.717) is 27.6 Å². The molecule has 0 aliphatic carbocycles. The number of benzene rings is 2. The van der Waals surface area contributed by atoms with E-state index in [4.69, 9.17) is 30.5 Å². The summed E-state index contributed by atoms with van der Waals surface area (Å²) >= 11 is 5.78. The highest BCUT2D eigenvalue weighted by Gasteiger charge is 2.26. The van der Waals surface area contributed by atoms with Crippen LogP contribution in [0.15, 0.2) is 65.8 Å². The van der Waals surface area contributed by atoms with Gasteiger partial charge in [-0.2, -0.15) is 0 Å². The first kappa shape index (κ1) is 23.7. The van der Waals surface area contributed by atoms with Crippen LogP contribution < -0.4 is 23.7 Å². The van der Waals surface area contributed by atoms with Crippen LogP contribution in [0, 0.1) is 0 Å². The van der Waals surface area contributed by atoms with Gasteiger partial charge in [0.1, 0.15) is 19.0 Å². The number of hydrogen-bond donors (Lipinski definition) is 1. The number of nitrogens with zero attached hydrogens (tertiary/aromatic N) is 4. The van der Waals surface area contributed by atoms with Gasteiger partial charge in [-0.25, -0.2) is 23.1 Å². The van der Waals surface area contributed by atoms with Gasteiger partial charge >= 0.3 is 6.01 Å². The number of aromatic nitrogens is 4. The highest BCUT2D eigenvalue weighted by atomic mass is 35.5. The SMILES string of the molecule is Cn1nc(OCCOc2ncc(Cl)cn2)c(-c2ccc3c(c2)OCO3)c1NS(=O)(=O)c1ccccc1. The monoisotopic (exact) mass is 529 g/mol. The van der Waals surface area contributed by atoms with E-state index >= 15 is 0 Å². The van der Waals surface area contributed by atoms with E-state index in [9.17, 15) is 8.42 Å². The van der Waals surface area contributed by atoms with Gasteiger partial charge in [0.05, 0.1) is 27.9 Å². The predicted molar refractivity (Wildman–Crippen MR) is 130 cm³/mol. The summed E-state index contributed by atoms with van der Waals surface area (Å²) in [6, 6.07) is 13.5. The van der Waals surface area contributed by atoms with Crippen LogP contribution in [0.1, 0.15) is 0 Å². The molecule has 0 fully saturated rings. The van der Waals surface area contributed by atoms with Crippen LogP contribution in [0.2, 0.25) is 5.02 Å². The smallest absolute Gasteiger partial charge is 0.316 e. The zero-order valence-electron chi connectivity index (χ0n) is 18.9. The number of aryl methyl sites for hydroxylation is 1. The molecule has 1 aliphatic heterocycles. The number of rotatable bonds is 9. The summed E-state index contributed by atoms with van der Waals surface area (Å²) in [6.07, 6.45) is 2.85. The Labute approximate surface area is 211 Å². The van der Waals surface area contributed by atoms with Gasteiger partial charge in [0.25, 0.3) is 10.0 Å². The number of anilines is 1. The second-order valence-corrected chi connectivity index (χ2v) is 9.64. The second-order valence-electron chi connectivity index (χ2n) is 7.52. The zero-order valence-corrected chi connectivity index (χ0v) is 20.5. The second kappa shape index (κ2) is 9.91. The minimum atomic E-state index is -3.90. The Kier molecular flexibility index (Phi) is 6.53. The Morgan fingerprint density at radius 2 is 1.75 bits per heavy atom. The van der Waals surface area contributed by atoms with Crippen molar-refractivity contribution in [1.29, 1.82) is 0 Å². The van der Waals surface area contributed by atoms with Crippen molar-refractivity contribution in [3.63, 3.8) is 0 Å². The van der Waals surface area contributed by atoms with Crippen LogP contribution in [0.25, 0.3) is 11.1 Å². The third kappa shape index (κ3) is 4.99. The molecule has 0 saturated carbocycles. The van der Waals surface area contributed by atoms with E-state index in [0.717, 1.165) is 0 Å². The summed E-state index contributed by atoms with van der Waals surface area (Å²) in [5, 5.41) is 4.80. The highest BCUT2D eigenvalue weighted by Crippen LogP contribution is 2.42. The molecular weight excluding hydrogens is 510 g/mol. The summed E-state index contributed by atoms with van der Waals surface area (Å²) in [5.41, 5.74) is 1.05. The van der Waals surface area contributed by atoms with E-state index in [1.807, 2.05) is 0 Å². The van der Waals surface area contributed by atoms with Gasteiger partial charge in [-0.1, -0.05) is 35.9 Å². The Morgan fingerprint density at radius 3 is 2.53 bits per heavy atom.